The number of benzene rings is 2. The fraction of sp³-hybridized carbons (Fsp3) is 0.125. The lowest BCUT2D eigenvalue weighted by molar-refractivity contribution is 0.414. The quantitative estimate of drug-likeness (QED) is 0.731. The zero-order valence-corrected chi connectivity index (χ0v) is 10.7. The van der Waals surface area contributed by atoms with E-state index in [1.807, 2.05) is 37.3 Å². The summed E-state index contributed by atoms with van der Waals surface area (Å²) in [5.74, 6) is 3.41. The van der Waals surface area contributed by atoms with E-state index in [2.05, 4.69) is 0 Å². The average molecular weight is 252 g/mol. The van der Waals surface area contributed by atoms with E-state index in [9.17, 15) is 4.79 Å². The van der Waals surface area contributed by atoms with E-state index < -0.39 is 0 Å². The van der Waals surface area contributed by atoms with Gasteiger partial charge in [0.05, 0.1) is 7.11 Å². The zero-order chi connectivity index (χ0) is 13.4. The maximum Gasteiger partial charge on any atom is 0.210 e. The maximum absolute atomic E-state index is 10.7. The van der Waals surface area contributed by atoms with Gasteiger partial charge in [-0.3, -0.25) is 0 Å². The first-order valence-corrected chi connectivity index (χ1v) is 5.95. The molecule has 0 bridgehead atoms. The normalized spacial score (nSPS) is 12.8. The van der Waals surface area contributed by atoms with Crippen LogP contribution in [0.3, 0.4) is 0 Å². The first-order valence-electron chi connectivity index (χ1n) is 5.95. The Morgan fingerprint density at radius 1 is 1.16 bits per heavy atom. The van der Waals surface area contributed by atoms with Crippen molar-refractivity contribution in [2.45, 2.75) is 6.92 Å². The summed E-state index contributed by atoms with van der Waals surface area (Å²) < 4.78 is 10.8. The van der Waals surface area contributed by atoms with Gasteiger partial charge in [0.2, 0.25) is 5.76 Å². The zero-order valence-electron chi connectivity index (χ0n) is 10.7. The Balaban J connectivity index is 2.36. The Kier molecular flexibility index (Phi) is 2.62. The monoisotopic (exact) mass is 252 g/mol. The molecule has 2 aromatic rings. The Morgan fingerprint density at radius 2 is 2.00 bits per heavy atom. The van der Waals surface area contributed by atoms with Crippen LogP contribution in [0, 0.1) is 6.92 Å². The summed E-state index contributed by atoms with van der Waals surface area (Å²) in [6.45, 7) is 2.05. The first-order chi connectivity index (χ1) is 9.22. The van der Waals surface area contributed by atoms with Gasteiger partial charge in [0.25, 0.3) is 0 Å². The molecule has 2 aromatic carbocycles. The molecule has 0 fully saturated rings. The molecule has 0 aliphatic carbocycles. The highest BCUT2D eigenvalue weighted by molar-refractivity contribution is 5.96. The van der Waals surface area contributed by atoms with E-state index >= 15 is 0 Å². The summed E-state index contributed by atoms with van der Waals surface area (Å²) in [6.07, 6.45) is 3.49. The molecule has 0 saturated carbocycles. The molecule has 0 aromatic heterocycles. The second kappa shape index (κ2) is 4.30. The number of hydrogen-bond donors (Lipinski definition) is 0. The number of hydrogen-bond acceptors (Lipinski definition) is 3. The van der Waals surface area contributed by atoms with Crippen molar-refractivity contribution in [3.8, 4) is 11.5 Å². The molecule has 3 rings (SSSR count). The van der Waals surface area contributed by atoms with Gasteiger partial charge >= 0.3 is 0 Å². The number of methoxy groups -OCH3 is 1. The first kappa shape index (κ1) is 11.6. The molecule has 3 heteroatoms. The highest BCUT2D eigenvalue weighted by Gasteiger charge is 2.16. The van der Waals surface area contributed by atoms with Gasteiger partial charge in [-0.2, -0.15) is 0 Å². The molecule has 0 saturated heterocycles. The molecule has 0 N–H and O–H groups in total. The molecule has 94 valence electrons. The van der Waals surface area contributed by atoms with Crippen molar-refractivity contribution in [1.82, 2.24) is 0 Å². The number of allylic oxidation sites excluding steroid dienone is 1. The lowest BCUT2D eigenvalue weighted by atomic mass is 9.98. The van der Waals surface area contributed by atoms with Crippen molar-refractivity contribution in [2.24, 2.45) is 0 Å². The summed E-state index contributed by atoms with van der Waals surface area (Å²) in [5, 5.41) is 2.02. The van der Waals surface area contributed by atoms with E-state index in [1.54, 1.807) is 19.1 Å². The minimum Gasteiger partial charge on any atom is -0.497 e. The molecule has 0 radical (unpaired) electrons. The molecule has 1 heterocycles. The van der Waals surface area contributed by atoms with Crippen LogP contribution in [0.15, 0.2) is 36.1 Å². The predicted molar refractivity (Wildman–Crippen MR) is 74.1 cm³/mol. The molecule has 0 atom stereocenters. The summed E-state index contributed by atoms with van der Waals surface area (Å²) in [4.78, 5) is 10.7. The lowest BCUT2D eigenvalue weighted by Crippen LogP contribution is -2.01. The third kappa shape index (κ3) is 1.81. The second-order valence-electron chi connectivity index (χ2n) is 4.43. The minimum absolute atomic E-state index is 0.195. The van der Waals surface area contributed by atoms with Crippen LogP contribution in [0.1, 0.15) is 11.1 Å². The van der Waals surface area contributed by atoms with Crippen molar-refractivity contribution in [1.29, 1.82) is 0 Å². The van der Waals surface area contributed by atoms with E-state index in [-0.39, 0.29) is 5.76 Å². The molecule has 0 spiro atoms. The molecule has 19 heavy (non-hydrogen) atoms. The highest BCUT2D eigenvalue weighted by Crippen LogP contribution is 2.38. The van der Waals surface area contributed by atoms with E-state index in [4.69, 9.17) is 9.47 Å². The van der Waals surface area contributed by atoms with Crippen LogP contribution in [-0.2, 0) is 4.79 Å². The van der Waals surface area contributed by atoms with Crippen LogP contribution in [0.25, 0.3) is 16.8 Å². The van der Waals surface area contributed by atoms with Gasteiger partial charge in [-0.15, -0.1) is 0 Å². The largest absolute Gasteiger partial charge is 0.497 e. The number of ether oxygens (including phenoxy) is 2. The summed E-state index contributed by atoms with van der Waals surface area (Å²) in [7, 11) is 1.63. The molecule has 0 amide bonds. The number of rotatable bonds is 1. The summed E-state index contributed by atoms with van der Waals surface area (Å²) >= 11 is 0. The molecular formula is C16H12O3. The third-order valence-corrected chi connectivity index (χ3v) is 3.26. The van der Waals surface area contributed by atoms with E-state index in [0.29, 0.717) is 5.75 Å². The van der Waals surface area contributed by atoms with Crippen molar-refractivity contribution < 1.29 is 14.3 Å². The SMILES string of the molecule is COc1ccc2c(C)cc3c(c2c1)OC(=C=O)C=C3. The van der Waals surface area contributed by atoms with Gasteiger partial charge < -0.3 is 9.47 Å². The van der Waals surface area contributed by atoms with Crippen molar-refractivity contribution in [2.75, 3.05) is 7.11 Å². The Hall–Kier alpha value is -2.51. The maximum atomic E-state index is 10.7. The van der Waals surface area contributed by atoms with Crippen LogP contribution < -0.4 is 9.47 Å². The molecule has 3 nitrogen and oxygen atoms in total. The molecular weight excluding hydrogens is 240 g/mol. The lowest BCUT2D eigenvalue weighted by Gasteiger charge is -2.17. The smallest absolute Gasteiger partial charge is 0.210 e. The van der Waals surface area contributed by atoms with Gasteiger partial charge in [0.1, 0.15) is 11.5 Å². The van der Waals surface area contributed by atoms with Crippen molar-refractivity contribution in [3.05, 3.63) is 47.2 Å². The summed E-state index contributed by atoms with van der Waals surface area (Å²) in [5.41, 5.74) is 2.11. The van der Waals surface area contributed by atoms with Crippen LogP contribution in [0.2, 0.25) is 0 Å². The Labute approximate surface area is 110 Å². The fourth-order valence-electron chi connectivity index (χ4n) is 2.32. The van der Waals surface area contributed by atoms with Gasteiger partial charge in [-0.25, -0.2) is 4.79 Å². The van der Waals surface area contributed by atoms with Crippen molar-refractivity contribution in [3.63, 3.8) is 0 Å². The molecule has 1 aliphatic heterocycles. The molecule has 0 unspecified atom stereocenters. The number of aryl methyl sites for hydroxylation is 1. The van der Waals surface area contributed by atoms with E-state index in [1.165, 1.54) is 0 Å². The third-order valence-electron chi connectivity index (χ3n) is 3.26. The summed E-state index contributed by atoms with van der Waals surface area (Å²) in [6, 6.07) is 7.87. The van der Waals surface area contributed by atoms with Gasteiger partial charge in [-0.05, 0) is 48.2 Å². The fourth-order valence-corrected chi connectivity index (χ4v) is 2.32. The average Bonchev–Trinajstić information content (AvgIpc) is 2.46. The van der Waals surface area contributed by atoms with Crippen LogP contribution >= 0.6 is 0 Å². The van der Waals surface area contributed by atoms with Crippen LogP contribution in [0.5, 0.6) is 11.5 Å². The van der Waals surface area contributed by atoms with Gasteiger partial charge in [0, 0.05) is 10.9 Å². The highest BCUT2D eigenvalue weighted by atomic mass is 16.5. The standard InChI is InChI=1S/C16H12O3/c1-10-7-11-3-4-13(9-17)19-16(11)15-8-12(18-2)5-6-14(10)15/h3-8H,1-2H3. The van der Waals surface area contributed by atoms with Gasteiger partial charge in [-0.1, -0.05) is 6.07 Å². The minimum atomic E-state index is 0.195. The number of carbonyl (C=O) groups excluding carboxylic acids is 1. The van der Waals surface area contributed by atoms with E-state index in [0.717, 1.165) is 27.6 Å². The predicted octanol–water partition coefficient (Wildman–Crippen LogP) is 3.28. The Morgan fingerprint density at radius 3 is 2.74 bits per heavy atom. The number of fused-ring (bicyclic) bond motifs is 3. The second-order valence-corrected chi connectivity index (χ2v) is 4.43. The van der Waals surface area contributed by atoms with Crippen LogP contribution in [0.4, 0.5) is 0 Å². The van der Waals surface area contributed by atoms with Crippen molar-refractivity contribution >= 4 is 22.8 Å². The van der Waals surface area contributed by atoms with Gasteiger partial charge in [0.15, 0.2) is 5.94 Å². The Bertz CT molecular complexity index is 750. The van der Waals surface area contributed by atoms with Crippen LogP contribution in [-0.4, -0.2) is 13.1 Å². The molecule has 1 aliphatic rings. The topological polar surface area (TPSA) is 35.5 Å².